The van der Waals surface area contributed by atoms with Crippen molar-refractivity contribution in [1.82, 2.24) is 0 Å². The second-order valence-corrected chi connectivity index (χ2v) is 22.9. The van der Waals surface area contributed by atoms with Crippen molar-refractivity contribution in [3.8, 4) is 0 Å². The van der Waals surface area contributed by atoms with E-state index in [9.17, 15) is 45.1 Å². The normalized spacial score (nSPS) is 11.7. The maximum Gasteiger partial charge on any atom is 2.00 e. The van der Waals surface area contributed by atoms with Crippen LogP contribution in [0.4, 0.5) is 0 Å². The molecule has 0 saturated carbocycles. The first-order chi connectivity index (χ1) is 38.6. The van der Waals surface area contributed by atoms with E-state index >= 15 is 0 Å². The van der Waals surface area contributed by atoms with Crippen molar-refractivity contribution in [2.24, 2.45) is 0 Å². The van der Waals surface area contributed by atoms with Crippen LogP contribution in [0, 0.1) is 0 Å². The van der Waals surface area contributed by atoms with Crippen LogP contribution < -0.4 is 0 Å². The van der Waals surface area contributed by atoms with E-state index < -0.39 is 65.0 Å². The summed E-state index contributed by atoms with van der Waals surface area (Å²) in [6, 6.07) is 6.97. The molecule has 17 heteroatoms. The fraction of sp³-hybridized carbons (Fsp3) is 0.625. The van der Waals surface area contributed by atoms with Crippen molar-refractivity contribution in [2.75, 3.05) is 26.4 Å². The number of unbranched alkanes of at least 4 members (excludes halogenated alkanes) is 28. The minimum Gasteiger partial charge on any atom is -0.744 e. The Hall–Kier alpha value is -3.64. The first-order valence-electron chi connectivity index (χ1n) is 30.1. The van der Waals surface area contributed by atoms with Crippen molar-refractivity contribution in [2.45, 2.75) is 243 Å². The number of esters is 4. The van der Waals surface area contributed by atoms with Crippen LogP contribution in [0.2, 0.25) is 0 Å². The van der Waals surface area contributed by atoms with Gasteiger partial charge in [-0.25, -0.2) is 36.0 Å². The molecule has 0 aliphatic rings. The molecule has 14 nitrogen and oxygen atoms in total. The van der Waals surface area contributed by atoms with Gasteiger partial charge in [-0.3, -0.25) is 0 Å². The topological polar surface area (TPSA) is 220 Å². The second kappa shape index (κ2) is 50.8. The fourth-order valence-corrected chi connectivity index (χ4v) is 10.0. The zero-order valence-electron chi connectivity index (χ0n) is 49.8. The van der Waals surface area contributed by atoms with Crippen molar-refractivity contribution in [1.29, 1.82) is 0 Å². The maximum absolute atomic E-state index is 12.8. The molecule has 0 aromatic heterocycles. The molecule has 0 aliphatic heterocycles. The molecular formula is C64H98CaO14S2. The van der Waals surface area contributed by atoms with E-state index in [0.29, 0.717) is 0 Å². The largest absolute Gasteiger partial charge is 2.00 e. The summed E-state index contributed by atoms with van der Waals surface area (Å²) < 4.78 is 91.7. The van der Waals surface area contributed by atoms with E-state index in [1.165, 1.54) is 153 Å². The molecule has 0 N–H and O–H groups in total. The molecule has 2 rings (SSSR count). The number of rotatable bonds is 46. The van der Waals surface area contributed by atoms with Crippen LogP contribution in [-0.4, -0.2) is 114 Å². The third kappa shape index (κ3) is 38.8. The van der Waals surface area contributed by atoms with Gasteiger partial charge in [0, 0.05) is 0 Å². The van der Waals surface area contributed by atoms with E-state index in [0.717, 1.165) is 89.2 Å². The predicted molar refractivity (Wildman–Crippen MR) is 323 cm³/mol. The van der Waals surface area contributed by atoms with Crippen LogP contribution in [0.15, 0.2) is 94.8 Å². The minimum atomic E-state index is -5.03. The fourth-order valence-electron chi connectivity index (χ4n) is 8.66. The van der Waals surface area contributed by atoms with Gasteiger partial charge >= 0.3 is 61.6 Å². The number of carbonyl (C=O) groups is 4. The van der Waals surface area contributed by atoms with Crippen molar-refractivity contribution in [3.05, 3.63) is 107 Å². The van der Waals surface area contributed by atoms with Crippen molar-refractivity contribution < 1.29 is 64.1 Å². The number of carbonyl (C=O) groups excluding carboxylic acids is 4. The second-order valence-electron chi connectivity index (χ2n) is 20.2. The van der Waals surface area contributed by atoms with Gasteiger partial charge in [0.05, 0.1) is 32.0 Å². The van der Waals surface area contributed by atoms with Gasteiger partial charge in [-0.1, -0.05) is 243 Å². The molecule has 81 heavy (non-hydrogen) atoms. The molecule has 2 aromatic carbocycles. The van der Waals surface area contributed by atoms with Crippen LogP contribution in [0.5, 0.6) is 0 Å². The number of hydrogen-bond donors (Lipinski definition) is 0. The number of ether oxygens (including phenoxy) is 4. The third-order valence-corrected chi connectivity index (χ3v) is 15.0. The summed E-state index contributed by atoms with van der Waals surface area (Å²) in [5.74, 6) is -3.91. The standard InChI is InChI=1S/2C32H50O7S.Ca/c2*1-3-5-7-9-11-13-15-17-19-21-26-38-31(33)28-24-23-25-29(40(35,36)37)30(28)32(34)39-27-22-20-18-16-14-12-10-8-6-4-2;/h2*19-25H,3-18,26-27H2,1-2H3,(H,35,36,37);/q;;+2/p-2/b2*21-19+,22-20+;. The van der Waals surface area contributed by atoms with Crippen molar-refractivity contribution in [3.63, 3.8) is 0 Å². The molecule has 0 fully saturated rings. The molecular weight excluding hydrogens is 1100 g/mol. The Kier molecular flexibility index (Phi) is 48.6. The SMILES string of the molecule is CCCCCCCCC/C=C/COC(=O)c1cccc(S(=O)(=O)[O-])c1C(=O)OC/C=C/CCCCCCCCC.CCCCCCCCC/C=C/COC(=O)c1cccc(S(=O)(=O)[O-])c1C(=O)OC/C=C/CCCCCCCCC.[Ca+2]. The summed E-state index contributed by atoms with van der Waals surface area (Å²) in [5.41, 5.74) is -1.80. The van der Waals surface area contributed by atoms with Gasteiger partial charge < -0.3 is 28.1 Å². The van der Waals surface area contributed by atoms with Gasteiger partial charge in [0.15, 0.2) is 0 Å². The van der Waals surface area contributed by atoms with E-state index in [1.54, 1.807) is 24.3 Å². The Morgan fingerprint density at radius 3 is 0.802 bits per heavy atom. The molecule has 0 amide bonds. The number of benzene rings is 2. The first-order valence-corrected chi connectivity index (χ1v) is 32.9. The molecule has 0 heterocycles. The van der Waals surface area contributed by atoms with Crippen LogP contribution in [0.1, 0.15) is 275 Å². The van der Waals surface area contributed by atoms with E-state index in [4.69, 9.17) is 18.9 Å². The Labute approximate surface area is 518 Å². The number of allylic oxidation sites excluding steroid dienone is 4. The first kappa shape index (κ1) is 77.4. The van der Waals surface area contributed by atoms with E-state index in [2.05, 4.69) is 27.7 Å². The van der Waals surface area contributed by atoms with Crippen LogP contribution in [-0.2, 0) is 39.2 Å². The summed E-state index contributed by atoms with van der Waals surface area (Å²) in [6.45, 7) is 8.53. The molecule has 452 valence electrons. The Balaban J connectivity index is 0.00000156. The molecule has 0 saturated heterocycles. The maximum atomic E-state index is 12.8. The van der Waals surface area contributed by atoms with E-state index in [1.807, 2.05) is 24.3 Å². The molecule has 0 atom stereocenters. The molecule has 0 aliphatic carbocycles. The quantitative estimate of drug-likeness (QED) is 0.0150. The van der Waals surface area contributed by atoms with Crippen LogP contribution >= 0.6 is 0 Å². The summed E-state index contributed by atoms with van der Waals surface area (Å²) in [4.78, 5) is 49.3. The predicted octanol–water partition coefficient (Wildman–Crippen LogP) is 16.2. The summed E-state index contributed by atoms with van der Waals surface area (Å²) in [6.07, 6.45) is 51.7. The van der Waals surface area contributed by atoms with Gasteiger partial charge in [0.1, 0.15) is 46.7 Å². The monoisotopic (exact) mass is 1190 g/mol. The Morgan fingerprint density at radius 2 is 0.568 bits per heavy atom. The van der Waals surface area contributed by atoms with Gasteiger partial charge in [-0.05, 0) is 75.6 Å². The molecule has 0 unspecified atom stereocenters. The summed E-state index contributed by atoms with van der Waals surface area (Å²) in [5, 5.41) is 0. The molecule has 0 spiro atoms. The Bertz CT molecular complexity index is 2200. The van der Waals surface area contributed by atoms with Gasteiger partial charge in [0.2, 0.25) is 0 Å². The minimum absolute atomic E-state index is 0. The van der Waals surface area contributed by atoms with Gasteiger partial charge in [-0.2, -0.15) is 0 Å². The Morgan fingerprint density at radius 1 is 0.346 bits per heavy atom. The summed E-state index contributed by atoms with van der Waals surface area (Å²) in [7, 11) is -10.1. The van der Waals surface area contributed by atoms with Gasteiger partial charge in [0.25, 0.3) is 0 Å². The third-order valence-electron chi connectivity index (χ3n) is 13.2. The van der Waals surface area contributed by atoms with Gasteiger partial charge in [-0.15, -0.1) is 0 Å². The van der Waals surface area contributed by atoms with Crippen LogP contribution in [0.3, 0.4) is 0 Å². The molecule has 2 aromatic rings. The molecule has 0 bridgehead atoms. The smallest absolute Gasteiger partial charge is 0.744 e. The van der Waals surface area contributed by atoms with Crippen LogP contribution in [0.25, 0.3) is 0 Å². The van der Waals surface area contributed by atoms with Crippen molar-refractivity contribution >= 4 is 81.9 Å². The average molecular weight is 1200 g/mol. The zero-order chi connectivity index (χ0) is 59.0. The van der Waals surface area contributed by atoms with E-state index in [-0.39, 0.29) is 75.3 Å². The number of hydrogen-bond acceptors (Lipinski definition) is 14. The molecule has 0 radical (unpaired) electrons. The average Bonchev–Trinajstić information content (AvgIpc) is 3.45. The summed E-state index contributed by atoms with van der Waals surface area (Å²) >= 11 is 0. The zero-order valence-corrected chi connectivity index (χ0v) is 53.6.